The summed E-state index contributed by atoms with van der Waals surface area (Å²) in [5, 5.41) is 2.39. The molecule has 9 aromatic rings. The van der Waals surface area contributed by atoms with Crippen molar-refractivity contribution in [2.45, 2.75) is 117 Å². The standard InChI is InChI=1S/C37H32N3S.C23H34GeN.Ir/c1-22(2)30-20-26(25-12-7-6-8-13-25)21-31(23(3)4)34(30)40-33-17-10-9-16-32(33)39-36(40)29-15-11-14-27-28-19-18-24(5)38-37(28)41-35(27)29;1-22(2,3)15-18-14-21(25-16-20(18)24(7,8)9)17-11-10-12-19(13-17)23(4,5)6;/h6-14,16-23H,1-5H3;10,12-14,16H,15H2,1-9H3;/q2*-1;/i;15D2;. The maximum Gasteiger partial charge on any atom is 0 e. The molecule has 4 heterocycles. The molecule has 67 heavy (non-hydrogen) atoms. The van der Waals surface area contributed by atoms with E-state index in [0.717, 1.165) is 54.2 Å². The molecule has 0 amide bonds. The first kappa shape index (κ1) is 47.4. The largest absolute Gasteiger partial charge is 0 e. The smallest absolute Gasteiger partial charge is 0 e. The topological polar surface area (TPSA) is 43.6 Å². The van der Waals surface area contributed by atoms with Gasteiger partial charge in [-0.25, -0.2) is 4.98 Å². The molecule has 7 heteroatoms. The van der Waals surface area contributed by atoms with Crippen LogP contribution in [0.3, 0.4) is 0 Å². The molecule has 0 saturated carbocycles. The number of nitrogens with zero attached hydrogens (tertiary/aromatic N) is 4. The van der Waals surface area contributed by atoms with Crippen molar-refractivity contribution in [3.63, 3.8) is 0 Å². The Bertz CT molecular complexity index is 3270. The van der Waals surface area contributed by atoms with Crippen molar-refractivity contribution in [3.05, 3.63) is 162 Å². The summed E-state index contributed by atoms with van der Waals surface area (Å²) in [6, 6.07) is 47.6. The van der Waals surface area contributed by atoms with E-state index in [0.29, 0.717) is 11.8 Å². The molecule has 4 nitrogen and oxygen atoms in total. The van der Waals surface area contributed by atoms with Gasteiger partial charge in [0.2, 0.25) is 0 Å². The van der Waals surface area contributed by atoms with Crippen LogP contribution in [0.1, 0.15) is 112 Å². The van der Waals surface area contributed by atoms with Crippen LogP contribution in [-0.4, -0.2) is 32.8 Å². The molecule has 1 radical (unpaired) electrons. The number of imidazole rings is 1. The van der Waals surface area contributed by atoms with Crippen LogP contribution in [0, 0.1) is 24.5 Å². The van der Waals surface area contributed by atoms with E-state index in [1.54, 1.807) is 11.3 Å². The zero-order chi connectivity index (χ0) is 49.1. The Morgan fingerprint density at radius 3 is 2.03 bits per heavy atom. The van der Waals surface area contributed by atoms with E-state index >= 15 is 0 Å². The third-order valence-corrected chi connectivity index (χ3v) is 17.5. The van der Waals surface area contributed by atoms with Crippen LogP contribution in [0.25, 0.3) is 70.8 Å². The normalized spacial score (nSPS) is 12.9. The van der Waals surface area contributed by atoms with Crippen molar-refractivity contribution in [3.8, 4) is 39.5 Å². The molecule has 0 aliphatic heterocycles. The van der Waals surface area contributed by atoms with Crippen molar-refractivity contribution < 1.29 is 22.8 Å². The van der Waals surface area contributed by atoms with Crippen LogP contribution in [0.4, 0.5) is 0 Å². The summed E-state index contributed by atoms with van der Waals surface area (Å²) in [6.45, 7) is 23.7. The molecule has 0 aliphatic carbocycles. The molecule has 0 spiro atoms. The minimum atomic E-state index is -2.29. The second-order valence-corrected chi connectivity index (χ2v) is 33.0. The number of aryl methyl sites for hydroxylation is 1. The van der Waals surface area contributed by atoms with Crippen LogP contribution in [-0.2, 0) is 31.9 Å². The van der Waals surface area contributed by atoms with E-state index in [-0.39, 0.29) is 25.5 Å². The molecule has 0 fully saturated rings. The van der Waals surface area contributed by atoms with Gasteiger partial charge in [0.15, 0.2) is 0 Å². The van der Waals surface area contributed by atoms with Crippen molar-refractivity contribution in [2.24, 2.45) is 5.41 Å². The van der Waals surface area contributed by atoms with Gasteiger partial charge in [0, 0.05) is 31.5 Å². The third kappa shape index (κ3) is 10.8. The second kappa shape index (κ2) is 19.7. The number of benzene rings is 5. The van der Waals surface area contributed by atoms with E-state index in [4.69, 9.17) is 17.7 Å². The summed E-state index contributed by atoms with van der Waals surface area (Å²) in [6.07, 6.45) is 0.506. The number of hydrogen-bond acceptors (Lipinski definition) is 4. The maximum atomic E-state index is 8.90. The van der Waals surface area contributed by atoms with E-state index in [1.807, 2.05) is 45.2 Å². The minimum absolute atomic E-state index is 0. The molecular formula is C60H66GeIrN4S-2. The van der Waals surface area contributed by atoms with Crippen molar-refractivity contribution in [1.29, 1.82) is 0 Å². The quantitative estimate of drug-likeness (QED) is 0.112. The zero-order valence-corrected chi connectivity index (χ0v) is 47.0. The fourth-order valence-electron chi connectivity index (χ4n) is 8.71. The van der Waals surface area contributed by atoms with Gasteiger partial charge in [-0.2, -0.15) is 11.3 Å². The predicted octanol–water partition coefficient (Wildman–Crippen LogP) is 16.5. The molecule has 5 aromatic carbocycles. The van der Waals surface area contributed by atoms with E-state index < -0.39 is 25.1 Å². The summed E-state index contributed by atoms with van der Waals surface area (Å²) >= 11 is -0.554. The molecular weight excluding hydrogens is 1070 g/mol. The fraction of sp³-hybridized carbons (Fsp3) is 0.317. The van der Waals surface area contributed by atoms with E-state index in [1.165, 1.54) is 49.0 Å². The average molecular weight is 1140 g/mol. The minimum Gasteiger partial charge on any atom is 0 e. The Morgan fingerprint density at radius 2 is 1.39 bits per heavy atom. The zero-order valence-electron chi connectivity index (χ0n) is 43.7. The number of pyridine rings is 2. The van der Waals surface area contributed by atoms with Gasteiger partial charge in [-0.15, -0.1) is 18.2 Å². The summed E-state index contributed by atoms with van der Waals surface area (Å²) in [5.74, 6) is 8.45. The first-order valence-corrected chi connectivity index (χ1v) is 31.6. The van der Waals surface area contributed by atoms with Gasteiger partial charge < -0.3 is 4.57 Å². The van der Waals surface area contributed by atoms with Gasteiger partial charge in [0.1, 0.15) is 4.83 Å². The number of para-hydroxylation sites is 2. The molecule has 0 N–H and O–H groups in total. The van der Waals surface area contributed by atoms with Gasteiger partial charge >= 0.3 is 160 Å². The van der Waals surface area contributed by atoms with Gasteiger partial charge in [0.05, 0.1) is 16.9 Å². The van der Waals surface area contributed by atoms with E-state index in [9.17, 15) is 0 Å². The van der Waals surface area contributed by atoms with Gasteiger partial charge in [-0.3, -0.25) is 4.98 Å². The second-order valence-electron chi connectivity index (χ2n) is 21.4. The number of rotatable bonds is 8. The van der Waals surface area contributed by atoms with Gasteiger partial charge in [-0.1, -0.05) is 87.2 Å². The predicted molar refractivity (Wildman–Crippen MR) is 288 cm³/mol. The van der Waals surface area contributed by atoms with Gasteiger partial charge in [-0.05, 0) is 81.4 Å². The summed E-state index contributed by atoms with van der Waals surface area (Å²) in [7, 11) is 0. The average Bonchev–Trinajstić information content (AvgIpc) is 3.86. The molecule has 0 bridgehead atoms. The van der Waals surface area contributed by atoms with Crippen LogP contribution in [0.2, 0.25) is 17.3 Å². The molecule has 4 aromatic heterocycles. The summed E-state index contributed by atoms with van der Waals surface area (Å²) < 4.78 is 22.5. The SMILES string of the molecule is Cc1ccc2c(n1)sc1c(-c3nc4ccccc4n3-c3c(C(C)C)cc(-c4ccccc4)cc3C(C)C)[c-]ccc12.[2H]C([2H])(c1cc(-c2[c-]ccc(C(C)(C)C)c2)nc[c]1[Ge]([CH3])([CH3])[CH3])C(C)(C)C.[Ir]. The Kier molecular flexibility index (Phi) is 13.9. The monoisotopic (exact) mass is 1140 g/mol. The number of fused-ring (bicyclic) bond motifs is 4. The number of hydrogen-bond donors (Lipinski definition) is 0. The van der Waals surface area contributed by atoms with Crippen LogP contribution in [0.15, 0.2) is 121 Å². The Morgan fingerprint density at radius 1 is 0.731 bits per heavy atom. The van der Waals surface area contributed by atoms with Crippen molar-refractivity contribution >= 4 is 60.3 Å². The molecule has 0 aliphatic rings. The fourth-order valence-corrected chi connectivity index (χ4v) is 12.8. The van der Waals surface area contributed by atoms with Crippen molar-refractivity contribution in [2.75, 3.05) is 0 Å². The first-order chi connectivity index (χ1) is 32.0. The molecule has 0 unspecified atom stereocenters. The Hall–Kier alpha value is -4.72. The Labute approximate surface area is 423 Å². The first-order valence-electron chi connectivity index (χ1n) is 24.4. The van der Waals surface area contributed by atoms with Crippen molar-refractivity contribution in [1.82, 2.24) is 19.5 Å². The third-order valence-electron chi connectivity index (χ3n) is 12.1. The molecule has 347 valence electrons. The maximum absolute atomic E-state index is 8.90. The van der Waals surface area contributed by atoms with Crippen LogP contribution < -0.4 is 4.40 Å². The summed E-state index contributed by atoms with van der Waals surface area (Å²) in [4.78, 5) is 16.0. The van der Waals surface area contributed by atoms with Crippen LogP contribution in [0.5, 0.6) is 0 Å². The Balaban J connectivity index is 0.000000220. The molecule has 0 saturated heterocycles. The van der Waals surface area contributed by atoms with E-state index in [2.05, 4.69) is 186 Å². The number of aromatic nitrogens is 4. The van der Waals surface area contributed by atoms with Gasteiger partial charge in [0.25, 0.3) is 0 Å². The number of thiophene rings is 1. The van der Waals surface area contributed by atoms with Crippen LogP contribution >= 0.6 is 11.3 Å². The molecule has 9 rings (SSSR count). The summed E-state index contributed by atoms with van der Waals surface area (Å²) in [5.41, 5.74) is 13.9. The molecule has 0 atom stereocenters.